The molecule has 0 spiro atoms. The largest absolute Gasteiger partial charge is 0.358 e. The van der Waals surface area contributed by atoms with Crippen LogP contribution in [0.2, 0.25) is 0 Å². The van der Waals surface area contributed by atoms with Crippen LogP contribution in [0.5, 0.6) is 0 Å². The Morgan fingerprint density at radius 2 is 1.33 bits per heavy atom. The zero-order valence-corrected chi connectivity index (χ0v) is 10.5. The van der Waals surface area contributed by atoms with Gasteiger partial charge in [-0.25, -0.2) is 0 Å². The summed E-state index contributed by atoms with van der Waals surface area (Å²) >= 11 is 0. The van der Waals surface area contributed by atoms with Gasteiger partial charge in [-0.05, 0) is 0 Å². The number of nitrogens with one attached hydrogen (secondary N) is 2. The Labute approximate surface area is 108 Å². The van der Waals surface area contributed by atoms with Gasteiger partial charge in [0.1, 0.15) is 0 Å². The van der Waals surface area contributed by atoms with Crippen molar-refractivity contribution >= 4 is 12.4 Å². The van der Waals surface area contributed by atoms with E-state index in [1.54, 1.807) is 0 Å². The lowest BCUT2D eigenvalue weighted by molar-refractivity contribution is 0.360. The summed E-state index contributed by atoms with van der Waals surface area (Å²) in [5.74, 6) is 0. The van der Waals surface area contributed by atoms with Crippen molar-refractivity contribution in [3.8, 4) is 0 Å². The number of aliphatic imine (C=N–C) groups is 2. The highest BCUT2D eigenvalue weighted by atomic mass is 15.2. The smallest absolute Gasteiger partial charge is 0.0681 e. The van der Waals surface area contributed by atoms with E-state index in [0.29, 0.717) is 0 Å². The maximum atomic E-state index is 4.03. The summed E-state index contributed by atoms with van der Waals surface area (Å²) in [6.07, 6.45) is 11.4. The van der Waals surface area contributed by atoms with Crippen LogP contribution in [-0.2, 0) is 0 Å². The predicted molar refractivity (Wildman–Crippen MR) is 74.4 cm³/mol. The lowest BCUT2D eigenvalue weighted by atomic mass is 10.5. The maximum Gasteiger partial charge on any atom is 0.0681 e. The Balaban J connectivity index is 1.44. The fourth-order valence-corrected chi connectivity index (χ4v) is 1.67. The van der Waals surface area contributed by atoms with E-state index in [-0.39, 0.29) is 0 Å². The second-order valence-corrected chi connectivity index (χ2v) is 4.12. The molecule has 18 heavy (non-hydrogen) atoms. The van der Waals surface area contributed by atoms with E-state index in [1.165, 1.54) is 0 Å². The molecule has 0 aromatic rings. The molecule has 2 N–H and O–H groups in total. The number of hydrogen-bond donors (Lipinski definition) is 2. The lowest BCUT2D eigenvalue weighted by Crippen LogP contribution is -2.39. The van der Waals surface area contributed by atoms with E-state index in [4.69, 9.17) is 0 Å². The molecule has 98 valence electrons. The third-order valence-electron chi connectivity index (χ3n) is 2.68. The molecule has 0 bridgehead atoms. The highest BCUT2D eigenvalue weighted by Gasteiger charge is 2.00. The van der Waals surface area contributed by atoms with Gasteiger partial charge in [-0.15, -0.1) is 0 Å². The van der Waals surface area contributed by atoms with Gasteiger partial charge in [0.2, 0.25) is 0 Å². The van der Waals surface area contributed by atoms with Gasteiger partial charge in [0.15, 0.2) is 0 Å². The van der Waals surface area contributed by atoms with Crippen LogP contribution in [-0.4, -0.2) is 61.7 Å². The minimum Gasteiger partial charge on any atom is -0.358 e. The SMILES string of the molecule is C1=CN(CNCCNCN2C=CN=CC2)CC=N1. The summed E-state index contributed by atoms with van der Waals surface area (Å²) in [4.78, 5) is 12.4. The maximum absolute atomic E-state index is 4.03. The fraction of sp³-hybridized carbons (Fsp3) is 0.500. The van der Waals surface area contributed by atoms with Crippen molar-refractivity contribution in [1.29, 1.82) is 0 Å². The Hall–Kier alpha value is -1.66. The first-order valence-electron chi connectivity index (χ1n) is 6.21. The van der Waals surface area contributed by atoms with E-state index in [9.17, 15) is 0 Å². The van der Waals surface area contributed by atoms with E-state index in [1.807, 2.05) is 37.2 Å². The normalized spacial score (nSPS) is 17.8. The molecule has 0 aliphatic carbocycles. The molecule has 0 aromatic heterocycles. The average molecular weight is 248 g/mol. The fourth-order valence-electron chi connectivity index (χ4n) is 1.67. The van der Waals surface area contributed by atoms with Crippen LogP contribution in [0, 0.1) is 0 Å². The quantitative estimate of drug-likeness (QED) is 0.613. The van der Waals surface area contributed by atoms with Gasteiger partial charge in [0, 0.05) is 50.3 Å². The third-order valence-corrected chi connectivity index (χ3v) is 2.68. The van der Waals surface area contributed by atoms with Crippen LogP contribution >= 0.6 is 0 Å². The standard InChI is InChI=1S/C12H20N6/c1(15-11-17-7-3-13-4-8-17)2-16-12-18-9-5-14-6-10-18/h3-7,9,15-16H,1-2,8,10-12H2. The van der Waals surface area contributed by atoms with Crippen molar-refractivity contribution in [3.63, 3.8) is 0 Å². The van der Waals surface area contributed by atoms with Gasteiger partial charge < -0.3 is 9.80 Å². The van der Waals surface area contributed by atoms with Crippen LogP contribution in [0.4, 0.5) is 0 Å². The van der Waals surface area contributed by atoms with E-state index >= 15 is 0 Å². The molecule has 2 aliphatic rings. The van der Waals surface area contributed by atoms with Crippen LogP contribution in [0.1, 0.15) is 0 Å². The summed E-state index contributed by atoms with van der Waals surface area (Å²) in [6.45, 7) is 5.39. The van der Waals surface area contributed by atoms with Gasteiger partial charge in [0.25, 0.3) is 0 Å². The van der Waals surface area contributed by atoms with Crippen LogP contribution in [0.25, 0.3) is 0 Å². The first-order valence-corrected chi connectivity index (χ1v) is 6.21. The molecule has 0 amide bonds. The summed E-state index contributed by atoms with van der Waals surface area (Å²) in [5.41, 5.74) is 0. The van der Waals surface area contributed by atoms with Gasteiger partial charge >= 0.3 is 0 Å². The Morgan fingerprint density at radius 3 is 1.72 bits per heavy atom. The van der Waals surface area contributed by atoms with Crippen molar-refractivity contribution in [2.45, 2.75) is 0 Å². The molecule has 0 unspecified atom stereocenters. The zero-order valence-electron chi connectivity index (χ0n) is 10.5. The summed E-state index contributed by atoms with van der Waals surface area (Å²) < 4.78 is 0. The predicted octanol–water partition coefficient (Wildman–Crippen LogP) is -0.204. The summed E-state index contributed by atoms with van der Waals surface area (Å²) in [7, 11) is 0. The zero-order chi connectivity index (χ0) is 12.5. The first kappa shape index (κ1) is 12.8. The molecule has 6 nitrogen and oxygen atoms in total. The molecule has 0 saturated heterocycles. The first-order chi connectivity index (χ1) is 8.95. The number of nitrogens with zero attached hydrogens (tertiary/aromatic N) is 4. The molecule has 0 radical (unpaired) electrons. The molecule has 0 atom stereocenters. The van der Waals surface area contributed by atoms with Crippen molar-refractivity contribution in [1.82, 2.24) is 20.4 Å². The number of rotatable bonds is 7. The van der Waals surface area contributed by atoms with E-state index in [2.05, 4.69) is 30.4 Å². The van der Waals surface area contributed by atoms with Gasteiger partial charge in [-0.2, -0.15) is 0 Å². The monoisotopic (exact) mass is 248 g/mol. The Bertz CT molecular complexity index is 312. The molecule has 6 heteroatoms. The average Bonchev–Trinajstić information content (AvgIpc) is 2.45. The second kappa shape index (κ2) is 7.62. The molecule has 2 rings (SSSR count). The van der Waals surface area contributed by atoms with E-state index in [0.717, 1.165) is 39.5 Å². The minimum atomic E-state index is 0.862. The second-order valence-electron chi connectivity index (χ2n) is 4.12. The van der Waals surface area contributed by atoms with Gasteiger partial charge in [-0.3, -0.25) is 20.6 Å². The van der Waals surface area contributed by atoms with Crippen LogP contribution < -0.4 is 10.6 Å². The van der Waals surface area contributed by atoms with Crippen LogP contribution in [0.15, 0.2) is 34.8 Å². The molecular weight excluding hydrogens is 228 g/mol. The lowest BCUT2D eigenvalue weighted by Gasteiger charge is -2.22. The third kappa shape index (κ3) is 4.68. The van der Waals surface area contributed by atoms with Crippen LogP contribution in [0.3, 0.4) is 0 Å². The summed E-state index contributed by atoms with van der Waals surface area (Å²) in [6, 6.07) is 0. The van der Waals surface area contributed by atoms with Crippen molar-refractivity contribution in [2.75, 3.05) is 39.5 Å². The van der Waals surface area contributed by atoms with E-state index < -0.39 is 0 Å². The van der Waals surface area contributed by atoms with Crippen molar-refractivity contribution < 1.29 is 0 Å². The molecule has 0 saturated carbocycles. The van der Waals surface area contributed by atoms with Crippen molar-refractivity contribution in [3.05, 3.63) is 24.8 Å². The highest BCUT2D eigenvalue weighted by Crippen LogP contribution is 1.92. The van der Waals surface area contributed by atoms with Crippen molar-refractivity contribution in [2.24, 2.45) is 9.98 Å². The molecule has 2 heterocycles. The Morgan fingerprint density at radius 1 is 0.833 bits per heavy atom. The van der Waals surface area contributed by atoms with Gasteiger partial charge in [-0.1, -0.05) is 0 Å². The minimum absolute atomic E-state index is 0.862. The van der Waals surface area contributed by atoms with Gasteiger partial charge in [0.05, 0.1) is 26.4 Å². The molecule has 2 aliphatic heterocycles. The molecule has 0 aromatic carbocycles. The summed E-state index contributed by atoms with van der Waals surface area (Å²) in [5, 5.41) is 6.76. The topological polar surface area (TPSA) is 55.3 Å². The highest BCUT2D eigenvalue weighted by molar-refractivity contribution is 5.62. The molecular formula is C12H20N6. The Kier molecular flexibility index (Phi) is 5.42. The number of hydrogen-bond acceptors (Lipinski definition) is 6. The molecule has 0 fully saturated rings.